The van der Waals surface area contributed by atoms with Gasteiger partial charge in [0.2, 0.25) is 0 Å². The Kier molecular flexibility index (Phi) is 9.46. The smallest absolute Gasteiger partial charge is 0.165 e. The van der Waals surface area contributed by atoms with Gasteiger partial charge in [0, 0.05) is 58.4 Å². The molecule has 0 aromatic heterocycles. The monoisotopic (exact) mass is 663 g/mol. The summed E-state index contributed by atoms with van der Waals surface area (Å²) in [7, 11) is 1.64. The first kappa shape index (κ1) is 33.8. The Bertz CT molecular complexity index is 1740. The van der Waals surface area contributed by atoms with Gasteiger partial charge in [-0.05, 0) is 71.4 Å². The minimum absolute atomic E-state index is 0.118. The summed E-state index contributed by atoms with van der Waals surface area (Å²) < 4.78 is 12.4. The van der Waals surface area contributed by atoms with Crippen LogP contribution < -0.4 is 9.47 Å². The number of rotatable bonds is 10. The molecular weight excluding hydrogens is 618 g/mol. The molecule has 0 bridgehead atoms. The summed E-state index contributed by atoms with van der Waals surface area (Å²) in [5.41, 5.74) is 7.26. The Morgan fingerprint density at radius 2 is 1.46 bits per heavy atom. The van der Waals surface area contributed by atoms with Gasteiger partial charge >= 0.3 is 0 Å². The molecule has 0 spiro atoms. The van der Waals surface area contributed by atoms with Crippen molar-refractivity contribution in [2.24, 2.45) is 10.8 Å². The minimum atomic E-state index is -0.474. The average Bonchev–Trinajstić information content (AvgIpc) is 3.03. The normalized spacial score (nSPS) is 18.8. The molecular formula is C42H46ClNO4. The molecule has 0 saturated carbocycles. The standard InChI is InChI=1S/C42H46ClNO4/c1-7-11-29-20-30(21-36(47-6)40(29)48-26-28-14-16-31(43)17-15-28)37-38-32(22-41(2,3)24-34(38)45)44(19-18-27-12-9-8-10-13-27)33-23-42(4,5)25-35(46)39(33)37/h7-10,12-17,20-21,37H,1,11,18-19,22-26H2,2-6H3. The molecule has 1 heterocycles. The van der Waals surface area contributed by atoms with E-state index in [1.165, 1.54) is 5.56 Å². The summed E-state index contributed by atoms with van der Waals surface area (Å²) in [5.74, 6) is 0.964. The van der Waals surface area contributed by atoms with Gasteiger partial charge in [0.15, 0.2) is 23.1 Å². The van der Waals surface area contributed by atoms with Crippen molar-refractivity contribution in [3.05, 3.63) is 129 Å². The first-order chi connectivity index (χ1) is 22.9. The predicted molar refractivity (Wildman–Crippen MR) is 192 cm³/mol. The van der Waals surface area contributed by atoms with Gasteiger partial charge in [-0.15, -0.1) is 6.58 Å². The zero-order chi connectivity index (χ0) is 34.2. The molecule has 0 unspecified atom stereocenters. The highest BCUT2D eigenvalue weighted by molar-refractivity contribution is 6.30. The zero-order valence-corrected chi connectivity index (χ0v) is 29.6. The van der Waals surface area contributed by atoms with E-state index in [4.69, 9.17) is 21.1 Å². The molecule has 250 valence electrons. The lowest BCUT2D eigenvalue weighted by Crippen LogP contribution is -2.45. The topological polar surface area (TPSA) is 55.8 Å². The van der Waals surface area contributed by atoms with Crippen molar-refractivity contribution in [3.8, 4) is 11.5 Å². The van der Waals surface area contributed by atoms with Crippen LogP contribution in [-0.2, 0) is 29.0 Å². The van der Waals surface area contributed by atoms with Crippen molar-refractivity contribution in [2.75, 3.05) is 13.7 Å². The predicted octanol–water partition coefficient (Wildman–Crippen LogP) is 9.58. The van der Waals surface area contributed by atoms with E-state index in [2.05, 4.69) is 69.5 Å². The third-order valence-electron chi connectivity index (χ3n) is 9.86. The van der Waals surface area contributed by atoms with E-state index in [1.807, 2.05) is 42.5 Å². The molecule has 0 atom stereocenters. The molecule has 0 N–H and O–H groups in total. The molecule has 0 saturated heterocycles. The summed E-state index contributed by atoms with van der Waals surface area (Å²) in [6.07, 6.45) is 5.62. The van der Waals surface area contributed by atoms with Crippen LogP contribution in [0.4, 0.5) is 0 Å². The quantitative estimate of drug-likeness (QED) is 0.202. The van der Waals surface area contributed by atoms with Crippen LogP contribution in [0.5, 0.6) is 11.5 Å². The number of carbonyl (C=O) groups excluding carboxylic acids is 2. The molecule has 2 aliphatic carbocycles. The van der Waals surface area contributed by atoms with Crippen LogP contribution >= 0.6 is 11.6 Å². The van der Waals surface area contributed by atoms with Gasteiger partial charge in [0.05, 0.1) is 7.11 Å². The van der Waals surface area contributed by atoms with Gasteiger partial charge in [-0.2, -0.15) is 0 Å². The van der Waals surface area contributed by atoms with Gasteiger partial charge in [0.25, 0.3) is 0 Å². The van der Waals surface area contributed by atoms with Crippen molar-refractivity contribution in [3.63, 3.8) is 0 Å². The lowest BCUT2D eigenvalue weighted by molar-refractivity contribution is -0.119. The summed E-state index contributed by atoms with van der Waals surface area (Å²) in [6, 6.07) is 22.1. The lowest BCUT2D eigenvalue weighted by atomic mass is 9.63. The molecule has 0 radical (unpaired) electrons. The number of hydrogen-bond acceptors (Lipinski definition) is 5. The van der Waals surface area contributed by atoms with Crippen molar-refractivity contribution in [2.45, 2.75) is 78.7 Å². The van der Waals surface area contributed by atoms with E-state index in [0.29, 0.717) is 48.9 Å². The number of ether oxygens (including phenoxy) is 2. The van der Waals surface area contributed by atoms with E-state index >= 15 is 0 Å². The van der Waals surface area contributed by atoms with E-state index in [1.54, 1.807) is 7.11 Å². The van der Waals surface area contributed by atoms with E-state index in [0.717, 1.165) is 58.5 Å². The third kappa shape index (κ3) is 6.89. The zero-order valence-electron chi connectivity index (χ0n) is 28.8. The number of halogens is 1. The average molecular weight is 664 g/mol. The second-order valence-electron chi connectivity index (χ2n) is 15.0. The van der Waals surface area contributed by atoms with Crippen LogP contribution in [0.2, 0.25) is 5.02 Å². The number of Topliss-reactive ketones (excluding diaryl/α,β-unsaturated/α-hetero) is 2. The Morgan fingerprint density at radius 3 is 2.02 bits per heavy atom. The summed E-state index contributed by atoms with van der Waals surface area (Å²) >= 11 is 6.11. The van der Waals surface area contributed by atoms with Crippen molar-refractivity contribution >= 4 is 23.2 Å². The van der Waals surface area contributed by atoms with E-state index in [-0.39, 0.29) is 22.4 Å². The van der Waals surface area contributed by atoms with E-state index in [9.17, 15) is 9.59 Å². The number of nitrogens with zero attached hydrogens (tertiary/aromatic N) is 1. The second-order valence-corrected chi connectivity index (χ2v) is 15.5. The largest absolute Gasteiger partial charge is 0.493 e. The van der Waals surface area contributed by atoms with Crippen LogP contribution in [0, 0.1) is 10.8 Å². The molecule has 1 aliphatic heterocycles. The maximum Gasteiger partial charge on any atom is 0.165 e. The van der Waals surface area contributed by atoms with Gasteiger partial charge in [-0.3, -0.25) is 9.59 Å². The molecule has 3 aliphatic rings. The van der Waals surface area contributed by atoms with Gasteiger partial charge < -0.3 is 14.4 Å². The first-order valence-corrected chi connectivity index (χ1v) is 17.3. The Hall–Kier alpha value is -4.09. The molecule has 48 heavy (non-hydrogen) atoms. The molecule has 3 aromatic carbocycles. The number of carbonyl (C=O) groups is 2. The van der Waals surface area contributed by atoms with Crippen molar-refractivity contribution in [1.29, 1.82) is 0 Å². The highest BCUT2D eigenvalue weighted by atomic mass is 35.5. The van der Waals surface area contributed by atoms with Crippen molar-refractivity contribution in [1.82, 2.24) is 4.90 Å². The summed E-state index contributed by atoms with van der Waals surface area (Å²) in [5, 5.41) is 0.669. The maximum atomic E-state index is 14.4. The first-order valence-electron chi connectivity index (χ1n) is 16.9. The summed E-state index contributed by atoms with van der Waals surface area (Å²) in [6.45, 7) is 13.8. The molecule has 5 nitrogen and oxygen atoms in total. The summed E-state index contributed by atoms with van der Waals surface area (Å²) in [4.78, 5) is 31.1. The maximum absolute atomic E-state index is 14.4. The lowest BCUT2D eigenvalue weighted by Gasteiger charge is -2.49. The number of methoxy groups -OCH3 is 1. The number of ketones is 2. The Labute approximate surface area is 290 Å². The van der Waals surface area contributed by atoms with Gasteiger partial charge in [-0.25, -0.2) is 0 Å². The number of hydrogen-bond donors (Lipinski definition) is 0. The fourth-order valence-electron chi connectivity index (χ4n) is 7.75. The van der Waals surface area contributed by atoms with Crippen LogP contribution in [0.3, 0.4) is 0 Å². The third-order valence-corrected chi connectivity index (χ3v) is 10.1. The van der Waals surface area contributed by atoms with Gasteiger partial charge in [0.1, 0.15) is 6.61 Å². The highest BCUT2D eigenvalue weighted by Crippen LogP contribution is 2.55. The second kappa shape index (κ2) is 13.4. The minimum Gasteiger partial charge on any atom is -0.493 e. The Balaban J connectivity index is 1.50. The molecule has 0 fully saturated rings. The van der Waals surface area contributed by atoms with E-state index < -0.39 is 5.92 Å². The molecule has 3 aromatic rings. The SMILES string of the molecule is C=CCc1cc(C2C3=C(CC(C)(C)CC3=O)N(CCc3ccccc3)C3=C2C(=O)CC(C)(C)C3)cc(OC)c1OCc1ccc(Cl)cc1. The molecule has 6 rings (SSSR count). The fourth-order valence-corrected chi connectivity index (χ4v) is 7.87. The van der Waals surface area contributed by atoms with Crippen LogP contribution in [0.1, 0.15) is 81.5 Å². The fraction of sp³-hybridized carbons (Fsp3) is 0.381. The number of allylic oxidation sites excluding steroid dienone is 5. The van der Waals surface area contributed by atoms with Crippen LogP contribution in [-0.4, -0.2) is 30.1 Å². The molecule has 6 heteroatoms. The Morgan fingerprint density at radius 1 is 0.854 bits per heavy atom. The van der Waals surface area contributed by atoms with Crippen LogP contribution in [0.25, 0.3) is 0 Å². The van der Waals surface area contributed by atoms with Crippen molar-refractivity contribution < 1.29 is 19.1 Å². The number of benzene rings is 3. The highest BCUT2D eigenvalue weighted by Gasteiger charge is 2.49. The molecule has 0 amide bonds. The van der Waals surface area contributed by atoms with Crippen LogP contribution in [0.15, 0.2) is 102 Å². The van der Waals surface area contributed by atoms with Gasteiger partial charge in [-0.1, -0.05) is 93.9 Å².